The lowest BCUT2D eigenvalue weighted by Crippen LogP contribution is -2.33. The topological polar surface area (TPSA) is 96.5 Å². The van der Waals surface area contributed by atoms with Gasteiger partial charge in [0.15, 0.2) is 0 Å². The summed E-state index contributed by atoms with van der Waals surface area (Å²) in [5.41, 5.74) is 0.159. The van der Waals surface area contributed by atoms with E-state index in [9.17, 15) is 18.0 Å². The molecule has 42 heavy (non-hydrogen) atoms. The van der Waals surface area contributed by atoms with Crippen molar-refractivity contribution in [1.82, 2.24) is 38.8 Å². The number of rotatable bonds is 7. The molecule has 0 saturated carbocycles. The van der Waals surface area contributed by atoms with Gasteiger partial charge in [0.2, 0.25) is 11.7 Å². The summed E-state index contributed by atoms with van der Waals surface area (Å²) in [6, 6.07) is 8.36. The van der Waals surface area contributed by atoms with E-state index >= 15 is 0 Å². The molecular weight excluding hydrogens is 567 g/mol. The normalized spacial score (nSPS) is 16.6. The molecule has 1 amide bonds. The second-order valence-corrected chi connectivity index (χ2v) is 11.9. The molecule has 1 aromatic carbocycles. The van der Waals surface area contributed by atoms with Crippen LogP contribution >= 0.6 is 11.9 Å². The first-order valence-electron chi connectivity index (χ1n) is 14.1. The highest BCUT2D eigenvalue weighted by Crippen LogP contribution is 2.36. The van der Waals surface area contributed by atoms with Crippen LogP contribution in [0.1, 0.15) is 64.4 Å². The van der Waals surface area contributed by atoms with Gasteiger partial charge in [-0.1, -0.05) is 31.2 Å². The molecule has 0 aliphatic carbocycles. The Kier molecular flexibility index (Phi) is 7.83. The number of aromatic nitrogens is 6. The second kappa shape index (κ2) is 11.6. The van der Waals surface area contributed by atoms with Gasteiger partial charge in [-0.25, -0.2) is 19.0 Å². The summed E-state index contributed by atoms with van der Waals surface area (Å²) < 4.78 is 43.1. The Morgan fingerprint density at radius 1 is 1.10 bits per heavy atom. The third kappa shape index (κ3) is 6.09. The second-order valence-electron chi connectivity index (χ2n) is 10.7. The van der Waals surface area contributed by atoms with E-state index in [4.69, 9.17) is 0 Å². The van der Waals surface area contributed by atoms with Gasteiger partial charge in [0.25, 0.3) is 5.91 Å². The average Bonchev–Trinajstić information content (AvgIpc) is 3.56. The quantitative estimate of drug-likeness (QED) is 0.311. The van der Waals surface area contributed by atoms with Crippen LogP contribution in [0.2, 0.25) is 0 Å². The molecule has 6 rings (SSSR count). The van der Waals surface area contributed by atoms with Gasteiger partial charge in [0.05, 0.1) is 18.8 Å². The molecule has 0 atom stereocenters. The van der Waals surface area contributed by atoms with Crippen molar-refractivity contribution in [3.63, 3.8) is 0 Å². The lowest BCUT2D eigenvalue weighted by atomic mass is 9.89. The van der Waals surface area contributed by atoms with Crippen LogP contribution in [0.5, 0.6) is 0 Å². The van der Waals surface area contributed by atoms with Gasteiger partial charge < -0.3 is 10.2 Å². The van der Waals surface area contributed by atoms with Crippen LogP contribution in [-0.4, -0.2) is 64.5 Å². The number of alkyl halides is 3. The van der Waals surface area contributed by atoms with Gasteiger partial charge >= 0.3 is 5.51 Å². The van der Waals surface area contributed by atoms with Crippen molar-refractivity contribution in [2.75, 3.05) is 24.5 Å². The van der Waals surface area contributed by atoms with Gasteiger partial charge in [-0.05, 0) is 48.8 Å². The van der Waals surface area contributed by atoms with Crippen LogP contribution in [0.25, 0.3) is 5.78 Å². The van der Waals surface area contributed by atoms with Gasteiger partial charge in [0, 0.05) is 50.5 Å². The maximum atomic E-state index is 13.1. The largest absolute Gasteiger partial charge is 0.456 e. The summed E-state index contributed by atoms with van der Waals surface area (Å²) in [6.07, 6.45) is 6.12. The van der Waals surface area contributed by atoms with E-state index in [0.717, 1.165) is 42.8 Å². The van der Waals surface area contributed by atoms with Crippen LogP contribution in [0, 0.1) is 6.92 Å². The van der Waals surface area contributed by atoms with Crippen LogP contribution in [-0.2, 0) is 26.1 Å². The Bertz CT molecular complexity index is 1580. The molecule has 2 aliphatic heterocycles. The zero-order valence-electron chi connectivity index (χ0n) is 23.4. The van der Waals surface area contributed by atoms with Gasteiger partial charge in [-0.15, -0.1) is 5.10 Å². The zero-order valence-corrected chi connectivity index (χ0v) is 24.3. The van der Waals surface area contributed by atoms with E-state index in [1.165, 1.54) is 9.87 Å². The van der Waals surface area contributed by atoms with Crippen molar-refractivity contribution in [3.05, 3.63) is 70.6 Å². The first-order chi connectivity index (χ1) is 20.2. The molecule has 2 aliphatic rings. The fourth-order valence-corrected chi connectivity index (χ4v) is 6.25. The monoisotopic (exact) mass is 599 g/mol. The number of carbonyl (C=O) groups excluding carboxylic acids is 1. The van der Waals surface area contributed by atoms with Crippen molar-refractivity contribution >= 4 is 29.6 Å². The summed E-state index contributed by atoms with van der Waals surface area (Å²) in [5.74, 6) is 1.90. The van der Waals surface area contributed by atoms with Gasteiger partial charge in [-0.2, -0.15) is 18.2 Å². The van der Waals surface area contributed by atoms with Gasteiger partial charge in [0.1, 0.15) is 11.5 Å². The Morgan fingerprint density at radius 3 is 2.57 bits per heavy atom. The van der Waals surface area contributed by atoms with E-state index in [1.807, 2.05) is 20.0 Å². The number of imidazole rings is 1. The number of amides is 1. The molecule has 4 aromatic rings. The maximum Gasteiger partial charge on any atom is 0.456 e. The molecule has 3 aromatic heterocycles. The number of hydrogen-bond donors (Lipinski definition) is 1. The molecule has 0 spiro atoms. The first kappa shape index (κ1) is 28.5. The number of anilines is 1. The van der Waals surface area contributed by atoms with Crippen molar-refractivity contribution < 1.29 is 18.0 Å². The summed E-state index contributed by atoms with van der Waals surface area (Å²) >= 11 is -0.0971. The number of halogens is 3. The molecule has 1 fully saturated rings. The summed E-state index contributed by atoms with van der Waals surface area (Å²) in [6.45, 7) is 6.66. The number of piperidine rings is 1. The average molecular weight is 600 g/mol. The standard InChI is InChI=1S/C28H32F3N9OS/c1-3-22-24(39-16-18(2)14-33-26(39)34-22)25(41)32-15-19-4-6-20(7-5-19)21-8-10-37(11-9-21)27-35-23-17-38(42-28(29,30)31)12-13-40(23)36-27/h4-7,14,16,21H,3,8-13,15,17H2,1-2H3,(H,32,41). The van der Waals surface area contributed by atoms with E-state index in [-0.39, 0.29) is 30.9 Å². The SMILES string of the molecule is CCc1nc2ncc(C)cn2c1C(=O)NCc1ccc(C2CCN(c3nc4n(n3)CCN(SC(F)(F)F)C4)CC2)cc1. The Morgan fingerprint density at radius 2 is 1.86 bits per heavy atom. The van der Waals surface area contributed by atoms with E-state index < -0.39 is 5.51 Å². The van der Waals surface area contributed by atoms with Crippen LogP contribution in [0.4, 0.5) is 19.1 Å². The van der Waals surface area contributed by atoms with E-state index in [0.29, 0.717) is 48.7 Å². The molecule has 1 N–H and O–H groups in total. The number of hydrogen-bond acceptors (Lipinski definition) is 8. The number of carbonyl (C=O) groups is 1. The smallest absolute Gasteiger partial charge is 0.347 e. The van der Waals surface area contributed by atoms with Crippen LogP contribution in [0.3, 0.4) is 0 Å². The molecule has 222 valence electrons. The third-order valence-corrected chi connectivity index (χ3v) is 8.54. The number of nitrogens with zero attached hydrogens (tertiary/aromatic N) is 8. The number of benzene rings is 1. The van der Waals surface area contributed by atoms with Crippen LogP contribution in [0.15, 0.2) is 36.7 Å². The van der Waals surface area contributed by atoms with Crippen LogP contribution < -0.4 is 10.2 Å². The Hall–Kier alpha value is -3.65. The van der Waals surface area contributed by atoms with E-state index in [1.54, 1.807) is 15.3 Å². The minimum absolute atomic E-state index is 0.0971. The molecule has 0 unspecified atom stereocenters. The highest BCUT2D eigenvalue weighted by atomic mass is 32.2. The predicted octanol–water partition coefficient (Wildman–Crippen LogP) is 4.49. The minimum Gasteiger partial charge on any atom is -0.347 e. The highest BCUT2D eigenvalue weighted by molar-refractivity contribution is 7.97. The number of aryl methyl sites for hydroxylation is 2. The highest BCUT2D eigenvalue weighted by Gasteiger charge is 2.35. The summed E-state index contributed by atoms with van der Waals surface area (Å²) in [4.78, 5) is 28.6. The number of fused-ring (bicyclic) bond motifs is 2. The molecule has 0 bridgehead atoms. The molecule has 1 saturated heterocycles. The minimum atomic E-state index is -4.30. The van der Waals surface area contributed by atoms with Crippen molar-refractivity contribution in [3.8, 4) is 0 Å². The van der Waals surface area contributed by atoms with Gasteiger partial charge in [-0.3, -0.25) is 9.20 Å². The maximum absolute atomic E-state index is 13.1. The van der Waals surface area contributed by atoms with E-state index in [2.05, 4.69) is 54.5 Å². The Labute approximate surface area is 245 Å². The fourth-order valence-electron chi connectivity index (χ4n) is 5.61. The molecule has 10 nitrogen and oxygen atoms in total. The fraction of sp³-hybridized carbons (Fsp3) is 0.464. The first-order valence-corrected chi connectivity index (χ1v) is 14.8. The molecule has 14 heteroatoms. The summed E-state index contributed by atoms with van der Waals surface area (Å²) in [5, 5.41) is 7.61. The van der Waals surface area contributed by atoms with Crippen molar-refractivity contribution in [2.45, 2.75) is 64.2 Å². The molecule has 5 heterocycles. The molecule has 0 radical (unpaired) electrons. The van der Waals surface area contributed by atoms with Crippen molar-refractivity contribution in [1.29, 1.82) is 0 Å². The summed E-state index contributed by atoms with van der Waals surface area (Å²) in [7, 11) is 0. The van der Waals surface area contributed by atoms with Crippen molar-refractivity contribution in [2.24, 2.45) is 0 Å². The number of nitrogens with one attached hydrogen (secondary N) is 1. The lowest BCUT2D eigenvalue weighted by molar-refractivity contribution is -0.0367. The molecular formula is C28H32F3N9OS. The predicted molar refractivity (Wildman–Crippen MR) is 153 cm³/mol. The lowest BCUT2D eigenvalue weighted by Gasteiger charge is -2.31. The third-order valence-electron chi connectivity index (χ3n) is 7.76. The zero-order chi connectivity index (χ0) is 29.4. The Balaban J connectivity index is 1.03.